The Bertz CT molecular complexity index is 827. The van der Waals surface area contributed by atoms with Crippen molar-refractivity contribution >= 4 is 11.6 Å². The fraction of sp³-hybridized carbons (Fsp3) is 0.111. The summed E-state index contributed by atoms with van der Waals surface area (Å²) in [7, 11) is 3.08. The summed E-state index contributed by atoms with van der Waals surface area (Å²) in [6.07, 6.45) is 1.69. The predicted molar refractivity (Wildman–Crippen MR) is 91.5 cm³/mol. The fourth-order valence-corrected chi connectivity index (χ4v) is 2.34. The fourth-order valence-electron chi connectivity index (χ4n) is 2.34. The van der Waals surface area contributed by atoms with Gasteiger partial charge >= 0.3 is 0 Å². The monoisotopic (exact) mass is 323 g/mol. The van der Waals surface area contributed by atoms with Gasteiger partial charge in [-0.15, -0.1) is 0 Å². The lowest BCUT2D eigenvalue weighted by atomic mass is 10.1. The van der Waals surface area contributed by atoms with Crippen molar-refractivity contribution in [2.75, 3.05) is 19.5 Å². The third-order valence-corrected chi connectivity index (χ3v) is 3.61. The van der Waals surface area contributed by atoms with Crippen LogP contribution in [0.5, 0.6) is 11.5 Å². The number of carbonyl (C=O) groups excluding carboxylic acids is 1. The van der Waals surface area contributed by atoms with Crippen molar-refractivity contribution in [1.29, 1.82) is 0 Å². The summed E-state index contributed by atoms with van der Waals surface area (Å²) < 4.78 is 10.4. The predicted octanol–water partition coefficient (Wildman–Crippen LogP) is 3.35. The van der Waals surface area contributed by atoms with Gasteiger partial charge in [0.05, 0.1) is 25.5 Å². The van der Waals surface area contributed by atoms with E-state index in [-0.39, 0.29) is 5.91 Å². The first kappa shape index (κ1) is 15.6. The molecule has 1 amide bonds. The van der Waals surface area contributed by atoms with Gasteiger partial charge in [0.1, 0.15) is 11.5 Å². The van der Waals surface area contributed by atoms with Gasteiger partial charge in [-0.25, -0.2) is 0 Å². The molecule has 6 heteroatoms. The number of aromatic amines is 1. The van der Waals surface area contributed by atoms with Crippen molar-refractivity contribution in [3.8, 4) is 22.8 Å². The number of carbonyl (C=O) groups is 1. The number of benzene rings is 2. The summed E-state index contributed by atoms with van der Waals surface area (Å²) in [6, 6.07) is 14.5. The normalized spacial score (nSPS) is 10.2. The van der Waals surface area contributed by atoms with Gasteiger partial charge in [0.2, 0.25) is 0 Å². The molecule has 3 aromatic rings. The second-order valence-electron chi connectivity index (χ2n) is 5.07. The summed E-state index contributed by atoms with van der Waals surface area (Å²) in [4.78, 5) is 12.5. The molecule has 2 aromatic carbocycles. The largest absolute Gasteiger partial charge is 0.497 e. The number of rotatable bonds is 5. The lowest BCUT2D eigenvalue weighted by Gasteiger charge is -2.11. The zero-order valence-electron chi connectivity index (χ0n) is 13.4. The van der Waals surface area contributed by atoms with Crippen LogP contribution in [-0.2, 0) is 0 Å². The summed E-state index contributed by atoms with van der Waals surface area (Å²) >= 11 is 0. The van der Waals surface area contributed by atoms with Gasteiger partial charge < -0.3 is 14.8 Å². The Labute approximate surface area is 139 Å². The Morgan fingerprint density at radius 2 is 1.83 bits per heavy atom. The highest BCUT2D eigenvalue weighted by molar-refractivity contribution is 6.06. The zero-order chi connectivity index (χ0) is 16.9. The van der Waals surface area contributed by atoms with Gasteiger partial charge in [-0.05, 0) is 42.0 Å². The standard InChI is InChI=1S/C18H17N3O3/c1-23-14-7-8-17(24-2)15(11-14)18(22)20-13-5-3-12(4-6-13)16-9-10-19-21-16/h3-11H,1-2H3,(H,19,21)(H,20,22). The van der Waals surface area contributed by atoms with E-state index in [0.717, 1.165) is 11.3 Å². The molecule has 6 nitrogen and oxygen atoms in total. The second kappa shape index (κ2) is 6.87. The van der Waals surface area contributed by atoms with Crippen molar-refractivity contribution in [2.24, 2.45) is 0 Å². The Morgan fingerprint density at radius 1 is 1.04 bits per heavy atom. The molecule has 0 saturated carbocycles. The maximum absolute atomic E-state index is 12.5. The smallest absolute Gasteiger partial charge is 0.259 e. The quantitative estimate of drug-likeness (QED) is 0.755. The number of ether oxygens (including phenoxy) is 2. The molecule has 1 aromatic heterocycles. The van der Waals surface area contributed by atoms with Crippen molar-refractivity contribution in [1.82, 2.24) is 10.2 Å². The van der Waals surface area contributed by atoms with Gasteiger partial charge in [0.25, 0.3) is 5.91 Å². The summed E-state index contributed by atoms with van der Waals surface area (Å²) in [5.74, 6) is 0.818. The van der Waals surface area contributed by atoms with Gasteiger partial charge in [0.15, 0.2) is 0 Å². The Hall–Kier alpha value is -3.28. The van der Waals surface area contributed by atoms with Gasteiger partial charge in [-0.2, -0.15) is 5.10 Å². The topological polar surface area (TPSA) is 76.2 Å². The SMILES string of the molecule is COc1ccc(OC)c(C(=O)Nc2ccc(-c3ccn[nH]3)cc2)c1. The first-order valence-electron chi connectivity index (χ1n) is 7.34. The maximum atomic E-state index is 12.5. The molecule has 0 atom stereocenters. The van der Waals surface area contributed by atoms with Crippen LogP contribution in [0.3, 0.4) is 0 Å². The van der Waals surface area contributed by atoms with Crippen LogP contribution >= 0.6 is 0 Å². The molecule has 24 heavy (non-hydrogen) atoms. The lowest BCUT2D eigenvalue weighted by molar-refractivity contribution is 0.102. The van der Waals surface area contributed by atoms with Crippen molar-refractivity contribution in [3.05, 3.63) is 60.3 Å². The molecular formula is C18H17N3O3. The van der Waals surface area contributed by atoms with Gasteiger partial charge in [-0.3, -0.25) is 9.89 Å². The van der Waals surface area contributed by atoms with E-state index in [1.54, 1.807) is 31.5 Å². The summed E-state index contributed by atoms with van der Waals surface area (Å²) in [5, 5.41) is 9.68. The highest BCUT2D eigenvalue weighted by Crippen LogP contribution is 2.25. The Kier molecular flexibility index (Phi) is 4.47. The molecule has 0 saturated heterocycles. The van der Waals surface area contributed by atoms with Crippen LogP contribution in [0.2, 0.25) is 0 Å². The van der Waals surface area contributed by atoms with Crippen LogP contribution in [-0.4, -0.2) is 30.3 Å². The minimum absolute atomic E-state index is 0.264. The van der Waals surface area contributed by atoms with E-state index in [1.165, 1.54) is 7.11 Å². The van der Waals surface area contributed by atoms with Crippen LogP contribution in [0.15, 0.2) is 54.7 Å². The van der Waals surface area contributed by atoms with Gasteiger partial charge in [0, 0.05) is 11.9 Å². The summed E-state index contributed by atoms with van der Waals surface area (Å²) in [5.41, 5.74) is 3.01. The van der Waals surface area contributed by atoms with E-state index in [9.17, 15) is 4.79 Å². The minimum Gasteiger partial charge on any atom is -0.497 e. The highest BCUT2D eigenvalue weighted by atomic mass is 16.5. The zero-order valence-corrected chi connectivity index (χ0v) is 13.4. The van der Waals surface area contributed by atoms with Crippen LogP contribution < -0.4 is 14.8 Å². The van der Waals surface area contributed by atoms with E-state index in [2.05, 4.69) is 15.5 Å². The van der Waals surface area contributed by atoms with Crippen molar-refractivity contribution < 1.29 is 14.3 Å². The number of nitrogens with zero attached hydrogens (tertiary/aromatic N) is 1. The van der Waals surface area contributed by atoms with Gasteiger partial charge in [-0.1, -0.05) is 12.1 Å². The van der Waals surface area contributed by atoms with Crippen molar-refractivity contribution in [2.45, 2.75) is 0 Å². The van der Waals surface area contributed by atoms with Crippen LogP contribution in [0.25, 0.3) is 11.3 Å². The number of amides is 1. The first-order valence-corrected chi connectivity index (χ1v) is 7.34. The second-order valence-corrected chi connectivity index (χ2v) is 5.07. The minimum atomic E-state index is -0.264. The molecular weight excluding hydrogens is 306 g/mol. The molecule has 0 aliphatic rings. The molecule has 122 valence electrons. The lowest BCUT2D eigenvalue weighted by Crippen LogP contribution is -2.13. The molecule has 0 aliphatic heterocycles. The third kappa shape index (κ3) is 3.22. The van der Waals surface area contributed by atoms with Crippen LogP contribution in [0.1, 0.15) is 10.4 Å². The molecule has 0 spiro atoms. The molecule has 2 N–H and O–H groups in total. The molecule has 0 radical (unpaired) electrons. The highest BCUT2D eigenvalue weighted by Gasteiger charge is 2.14. The van der Waals surface area contributed by atoms with E-state index in [1.807, 2.05) is 30.3 Å². The van der Waals surface area contributed by atoms with Crippen LogP contribution in [0.4, 0.5) is 5.69 Å². The average Bonchev–Trinajstić information content (AvgIpc) is 3.16. The van der Waals surface area contributed by atoms with E-state index < -0.39 is 0 Å². The number of hydrogen-bond acceptors (Lipinski definition) is 4. The maximum Gasteiger partial charge on any atom is 0.259 e. The first-order chi connectivity index (χ1) is 11.7. The number of aromatic nitrogens is 2. The van der Waals surface area contributed by atoms with E-state index >= 15 is 0 Å². The number of nitrogens with one attached hydrogen (secondary N) is 2. The Morgan fingerprint density at radius 3 is 2.46 bits per heavy atom. The molecule has 3 rings (SSSR count). The summed E-state index contributed by atoms with van der Waals surface area (Å²) in [6.45, 7) is 0. The van der Waals surface area contributed by atoms with E-state index in [0.29, 0.717) is 22.7 Å². The van der Waals surface area contributed by atoms with Crippen LogP contribution in [0, 0.1) is 0 Å². The molecule has 0 fully saturated rings. The third-order valence-electron chi connectivity index (χ3n) is 3.61. The Balaban J connectivity index is 1.80. The number of H-pyrrole nitrogens is 1. The number of anilines is 1. The average molecular weight is 323 g/mol. The number of hydrogen-bond donors (Lipinski definition) is 2. The molecule has 0 unspecified atom stereocenters. The van der Waals surface area contributed by atoms with E-state index in [4.69, 9.17) is 9.47 Å². The molecule has 0 aliphatic carbocycles. The van der Waals surface area contributed by atoms with Crippen molar-refractivity contribution in [3.63, 3.8) is 0 Å². The number of methoxy groups -OCH3 is 2. The molecule has 1 heterocycles. The molecule has 0 bridgehead atoms.